The smallest absolute Gasteiger partial charge is 0.272 e. The van der Waals surface area contributed by atoms with E-state index < -0.39 is 0 Å². The van der Waals surface area contributed by atoms with Crippen molar-refractivity contribution in [1.29, 1.82) is 0 Å². The molecule has 0 saturated heterocycles. The average molecular weight is 385 g/mol. The van der Waals surface area contributed by atoms with Crippen LogP contribution >= 0.6 is 12.2 Å². The number of aromatic amines is 1. The summed E-state index contributed by atoms with van der Waals surface area (Å²) in [5, 5.41) is 0. The Morgan fingerprint density at radius 3 is 2.48 bits per heavy atom. The zero-order valence-corrected chi connectivity index (χ0v) is 15.9. The van der Waals surface area contributed by atoms with E-state index in [-0.39, 0.29) is 11.7 Å². The van der Waals surface area contributed by atoms with Crippen LogP contribution < -0.4 is 4.74 Å². The van der Waals surface area contributed by atoms with Crippen molar-refractivity contribution in [2.24, 2.45) is 0 Å². The number of imidazole rings is 1. The molecule has 1 heterocycles. The van der Waals surface area contributed by atoms with Gasteiger partial charge in [0.15, 0.2) is 4.77 Å². The number of rotatable bonds is 6. The third kappa shape index (κ3) is 4.25. The molecule has 3 rings (SSSR count). The van der Waals surface area contributed by atoms with Gasteiger partial charge in [-0.15, -0.1) is 0 Å². The van der Waals surface area contributed by atoms with Gasteiger partial charge in [-0.1, -0.05) is 12.1 Å². The van der Waals surface area contributed by atoms with Gasteiger partial charge in [0.1, 0.15) is 17.3 Å². The minimum absolute atomic E-state index is 0.194. The molecule has 0 unspecified atom stereocenters. The summed E-state index contributed by atoms with van der Waals surface area (Å²) in [6, 6.07) is 13.5. The SMILES string of the molecule is CCOc1ccc(CN(C)C(=O)c2c[nH]c(=S)n2-c2ccc(F)cc2)cc1. The summed E-state index contributed by atoms with van der Waals surface area (Å²) < 4.78 is 20.6. The largest absolute Gasteiger partial charge is 0.494 e. The van der Waals surface area contributed by atoms with Crippen LogP contribution in [0.25, 0.3) is 5.69 Å². The van der Waals surface area contributed by atoms with Crippen molar-refractivity contribution in [2.45, 2.75) is 13.5 Å². The number of nitrogens with one attached hydrogen (secondary N) is 1. The molecule has 0 bridgehead atoms. The normalized spacial score (nSPS) is 10.6. The fraction of sp³-hybridized carbons (Fsp3) is 0.200. The number of hydrogen-bond donors (Lipinski definition) is 1. The number of carbonyl (C=O) groups excluding carboxylic acids is 1. The molecule has 140 valence electrons. The first-order valence-corrected chi connectivity index (χ1v) is 8.94. The van der Waals surface area contributed by atoms with E-state index >= 15 is 0 Å². The van der Waals surface area contributed by atoms with E-state index in [0.29, 0.717) is 29.3 Å². The van der Waals surface area contributed by atoms with E-state index in [0.717, 1.165) is 11.3 Å². The highest BCUT2D eigenvalue weighted by atomic mass is 32.1. The first kappa shape index (κ1) is 18.8. The van der Waals surface area contributed by atoms with E-state index in [2.05, 4.69) is 4.98 Å². The van der Waals surface area contributed by atoms with Gasteiger partial charge in [0.05, 0.1) is 6.61 Å². The van der Waals surface area contributed by atoms with Gasteiger partial charge in [0, 0.05) is 25.5 Å². The molecule has 0 aliphatic heterocycles. The van der Waals surface area contributed by atoms with Gasteiger partial charge in [0.2, 0.25) is 0 Å². The van der Waals surface area contributed by atoms with Crippen LogP contribution in [0.1, 0.15) is 23.0 Å². The Morgan fingerprint density at radius 2 is 1.85 bits per heavy atom. The molecule has 0 atom stereocenters. The molecule has 0 aliphatic carbocycles. The molecule has 3 aromatic rings. The summed E-state index contributed by atoms with van der Waals surface area (Å²) in [4.78, 5) is 17.4. The lowest BCUT2D eigenvalue weighted by molar-refractivity contribution is 0.0777. The quantitative estimate of drug-likeness (QED) is 0.642. The molecular weight excluding hydrogens is 365 g/mol. The standard InChI is InChI=1S/C20H20FN3O2S/c1-3-26-17-10-4-14(5-11-17)13-23(2)19(25)18-12-22-20(27)24(18)16-8-6-15(21)7-9-16/h4-12H,3,13H2,1-2H3,(H,22,27). The maximum Gasteiger partial charge on any atom is 0.272 e. The zero-order chi connectivity index (χ0) is 19.4. The Hall–Kier alpha value is -2.93. The Kier molecular flexibility index (Phi) is 5.71. The molecule has 1 amide bonds. The Balaban J connectivity index is 1.81. The molecule has 0 aliphatic rings. The number of amides is 1. The van der Waals surface area contributed by atoms with Crippen molar-refractivity contribution in [1.82, 2.24) is 14.5 Å². The van der Waals surface area contributed by atoms with E-state index in [1.54, 1.807) is 34.8 Å². The van der Waals surface area contributed by atoms with Gasteiger partial charge in [-0.2, -0.15) is 0 Å². The average Bonchev–Trinajstić information content (AvgIpc) is 3.05. The molecule has 1 N–H and O–H groups in total. The van der Waals surface area contributed by atoms with Crippen molar-refractivity contribution < 1.29 is 13.9 Å². The predicted molar refractivity (Wildman–Crippen MR) is 104 cm³/mol. The number of hydrogen-bond acceptors (Lipinski definition) is 3. The number of carbonyl (C=O) groups is 1. The summed E-state index contributed by atoms with van der Waals surface area (Å²) in [5.41, 5.74) is 2.00. The number of benzene rings is 2. The second kappa shape index (κ2) is 8.18. The minimum atomic E-state index is -0.346. The zero-order valence-electron chi connectivity index (χ0n) is 15.1. The summed E-state index contributed by atoms with van der Waals surface area (Å²) in [6.45, 7) is 2.98. The molecule has 0 saturated carbocycles. The number of H-pyrrole nitrogens is 1. The van der Waals surface area contributed by atoms with Crippen LogP contribution in [0.5, 0.6) is 5.75 Å². The molecule has 2 aromatic carbocycles. The van der Waals surface area contributed by atoms with Gasteiger partial charge in [-0.05, 0) is 61.1 Å². The van der Waals surface area contributed by atoms with Crippen LogP contribution in [0.2, 0.25) is 0 Å². The van der Waals surface area contributed by atoms with Gasteiger partial charge in [-0.25, -0.2) is 4.39 Å². The van der Waals surface area contributed by atoms with Crippen LogP contribution in [0.15, 0.2) is 54.7 Å². The number of nitrogens with zero attached hydrogens (tertiary/aromatic N) is 2. The first-order chi connectivity index (χ1) is 13.0. The fourth-order valence-electron chi connectivity index (χ4n) is 2.77. The maximum atomic E-state index is 13.2. The van der Waals surface area contributed by atoms with Crippen LogP contribution in [-0.4, -0.2) is 34.0 Å². The van der Waals surface area contributed by atoms with Gasteiger partial charge >= 0.3 is 0 Å². The van der Waals surface area contributed by atoms with E-state index in [1.165, 1.54) is 12.1 Å². The summed E-state index contributed by atoms with van der Waals surface area (Å²) in [7, 11) is 1.73. The maximum absolute atomic E-state index is 13.2. The molecule has 1 aromatic heterocycles. The van der Waals surface area contributed by atoms with Crippen molar-refractivity contribution in [2.75, 3.05) is 13.7 Å². The highest BCUT2D eigenvalue weighted by Crippen LogP contribution is 2.17. The molecule has 0 spiro atoms. The molecule has 0 radical (unpaired) electrons. The predicted octanol–water partition coefficient (Wildman–Crippen LogP) is 4.34. The monoisotopic (exact) mass is 385 g/mol. The summed E-state index contributed by atoms with van der Waals surface area (Å²) in [5.74, 6) is 0.257. The second-order valence-electron chi connectivity index (χ2n) is 6.03. The topological polar surface area (TPSA) is 50.3 Å². The lowest BCUT2D eigenvalue weighted by Crippen LogP contribution is -2.28. The van der Waals surface area contributed by atoms with Crippen molar-refractivity contribution >= 4 is 18.1 Å². The molecule has 5 nitrogen and oxygen atoms in total. The van der Waals surface area contributed by atoms with Crippen LogP contribution in [0.4, 0.5) is 4.39 Å². The third-order valence-electron chi connectivity index (χ3n) is 4.08. The van der Waals surface area contributed by atoms with Crippen molar-refractivity contribution in [3.8, 4) is 11.4 Å². The highest BCUT2D eigenvalue weighted by molar-refractivity contribution is 7.71. The van der Waals surface area contributed by atoms with E-state index in [4.69, 9.17) is 17.0 Å². The Morgan fingerprint density at radius 1 is 1.19 bits per heavy atom. The number of aromatic nitrogens is 2. The van der Waals surface area contributed by atoms with Gasteiger partial charge in [0.25, 0.3) is 5.91 Å². The molecule has 7 heteroatoms. The second-order valence-corrected chi connectivity index (χ2v) is 6.42. The minimum Gasteiger partial charge on any atom is -0.494 e. The molecular formula is C20H20FN3O2S. The highest BCUT2D eigenvalue weighted by Gasteiger charge is 2.18. The third-order valence-corrected chi connectivity index (χ3v) is 4.38. The number of ether oxygens (including phenoxy) is 1. The van der Waals surface area contributed by atoms with E-state index in [9.17, 15) is 9.18 Å². The van der Waals surface area contributed by atoms with Gasteiger partial charge < -0.3 is 14.6 Å². The van der Waals surface area contributed by atoms with E-state index in [1.807, 2.05) is 31.2 Å². The van der Waals surface area contributed by atoms with Crippen LogP contribution in [0.3, 0.4) is 0 Å². The Labute approximate surface area is 162 Å². The van der Waals surface area contributed by atoms with Gasteiger partial charge in [-0.3, -0.25) is 9.36 Å². The van der Waals surface area contributed by atoms with Crippen LogP contribution in [0, 0.1) is 10.6 Å². The molecule has 27 heavy (non-hydrogen) atoms. The summed E-state index contributed by atoms with van der Waals surface area (Å²) in [6.07, 6.45) is 1.57. The molecule has 0 fully saturated rings. The van der Waals surface area contributed by atoms with Crippen LogP contribution in [-0.2, 0) is 6.54 Å². The Bertz CT molecular complexity index is 978. The lowest BCUT2D eigenvalue weighted by atomic mass is 10.2. The number of halogens is 1. The fourth-order valence-corrected chi connectivity index (χ4v) is 3.03. The van der Waals surface area contributed by atoms with Crippen molar-refractivity contribution in [3.63, 3.8) is 0 Å². The summed E-state index contributed by atoms with van der Waals surface area (Å²) >= 11 is 5.29. The van der Waals surface area contributed by atoms with Crippen molar-refractivity contribution in [3.05, 3.63) is 76.6 Å². The first-order valence-electron chi connectivity index (χ1n) is 8.53. The lowest BCUT2D eigenvalue weighted by Gasteiger charge is -2.18.